The van der Waals surface area contributed by atoms with Crippen LogP contribution in [0.2, 0.25) is 0 Å². The predicted octanol–water partition coefficient (Wildman–Crippen LogP) is 4.44. The second-order valence-corrected chi connectivity index (χ2v) is 8.23. The molecule has 0 aliphatic heterocycles. The van der Waals surface area contributed by atoms with Crippen LogP contribution in [0.5, 0.6) is 0 Å². The van der Waals surface area contributed by atoms with Gasteiger partial charge >= 0.3 is 6.18 Å². The average Bonchev–Trinajstić information content (AvgIpc) is 3.63. The highest BCUT2D eigenvalue weighted by molar-refractivity contribution is 5.76. The molecule has 2 aromatic carbocycles. The zero-order valence-corrected chi connectivity index (χ0v) is 18.1. The van der Waals surface area contributed by atoms with Crippen LogP contribution in [0.1, 0.15) is 35.1 Å². The molecular weight excluding hydrogens is 450 g/mol. The third-order valence-electron chi connectivity index (χ3n) is 5.53. The number of alkyl halides is 3. The summed E-state index contributed by atoms with van der Waals surface area (Å²) < 4.78 is 53.9. The lowest BCUT2D eigenvalue weighted by Crippen LogP contribution is -2.27. The van der Waals surface area contributed by atoms with E-state index < -0.39 is 23.5 Å². The molecule has 1 heterocycles. The van der Waals surface area contributed by atoms with Crippen LogP contribution in [0.3, 0.4) is 0 Å². The first-order valence-electron chi connectivity index (χ1n) is 10.7. The molecule has 10 heteroatoms. The maximum absolute atomic E-state index is 15.3. The molecule has 3 aromatic rings. The molecule has 178 valence electrons. The smallest absolute Gasteiger partial charge is 0.369 e. The van der Waals surface area contributed by atoms with Gasteiger partial charge in [-0.15, -0.1) is 0 Å². The molecule has 34 heavy (non-hydrogen) atoms. The van der Waals surface area contributed by atoms with Crippen molar-refractivity contribution in [2.24, 2.45) is 5.73 Å². The van der Waals surface area contributed by atoms with E-state index in [-0.39, 0.29) is 30.6 Å². The molecule has 6 nitrogen and oxygen atoms in total. The lowest BCUT2D eigenvalue weighted by Gasteiger charge is -2.24. The molecule has 0 spiro atoms. The van der Waals surface area contributed by atoms with Gasteiger partial charge in [0.1, 0.15) is 6.33 Å². The van der Waals surface area contributed by atoms with Crippen molar-refractivity contribution in [2.75, 3.05) is 10.2 Å². The van der Waals surface area contributed by atoms with Gasteiger partial charge in [0.15, 0.2) is 11.6 Å². The molecule has 0 radical (unpaired) electrons. The Kier molecular flexibility index (Phi) is 6.67. The van der Waals surface area contributed by atoms with Crippen molar-refractivity contribution in [3.63, 3.8) is 0 Å². The van der Waals surface area contributed by atoms with Crippen LogP contribution in [0.25, 0.3) is 0 Å². The second-order valence-electron chi connectivity index (χ2n) is 8.23. The number of carbonyl (C=O) groups excluding carboxylic acids is 1. The van der Waals surface area contributed by atoms with Gasteiger partial charge in [-0.1, -0.05) is 36.4 Å². The molecule has 0 atom stereocenters. The Labute approximate surface area is 193 Å². The fourth-order valence-corrected chi connectivity index (χ4v) is 3.60. The number of aromatic nitrogens is 2. The van der Waals surface area contributed by atoms with Crippen molar-refractivity contribution < 1.29 is 22.4 Å². The summed E-state index contributed by atoms with van der Waals surface area (Å²) in [5.74, 6) is -0.898. The molecule has 1 aromatic heterocycles. The van der Waals surface area contributed by atoms with Crippen LogP contribution in [0.15, 0.2) is 54.9 Å². The quantitative estimate of drug-likeness (QED) is 0.449. The maximum Gasteiger partial charge on any atom is 0.416 e. The first-order valence-corrected chi connectivity index (χ1v) is 10.7. The minimum Gasteiger partial charge on any atom is -0.369 e. The van der Waals surface area contributed by atoms with Crippen molar-refractivity contribution >= 4 is 17.5 Å². The van der Waals surface area contributed by atoms with E-state index in [4.69, 9.17) is 5.73 Å². The van der Waals surface area contributed by atoms with E-state index in [0.29, 0.717) is 12.1 Å². The number of primary amides is 1. The summed E-state index contributed by atoms with van der Waals surface area (Å²) in [6, 6.07) is 12.1. The predicted molar refractivity (Wildman–Crippen MR) is 119 cm³/mol. The minimum atomic E-state index is -4.41. The number of nitrogens with two attached hydrogens (primary N) is 1. The van der Waals surface area contributed by atoms with Gasteiger partial charge in [-0.3, -0.25) is 4.79 Å². The number of benzene rings is 2. The number of rotatable bonds is 9. The van der Waals surface area contributed by atoms with E-state index >= 15 is 4.39 Å². The van der Waals surface area contributed by atoms with E-state index in [2.05, 4.69) is 15.3 Å². The Morgan fingerprint density at radius 2 is 1.62 bits per heavy atom. The number of amides is 1. The van der Waals surface area contributed by atoms with Crippen molar-refractivity contribution in [2.45, 2.75) is 44.6 Å². The summed E-state index contributed by atoms with van der Waals surface area (Å²) >= 11 is 0. The maximum atomic E-state index is 15.3. The summed E-state index contributed by atoms with van der Waals surface area (Å²) in [5, 5.41) is 2.96. The van der Waals surface area contributed by atoms with Crippen molar-refractivity contribution in [1.82, 2.24) is 9.97 Å². The normalized spacial score (nSPS) is 13.5. The second kappa shape index (κ2) is 9.66. The molecule has 3 N–H and O–H groups in total. The molecule has 0 unspecified atom stereocenters. The van der Waals surface area contributed by atoms with Crippen molar-refractivity contribution in [3.8, 4) is 0 Å². The van der Waals surface area contributed by atoms with Crippen molar-refractivity contribution in [3.05, 3.63) is 82.9 Å². The highest BCUT2D eigenvalue weighted by Gasteiger charge is 2.33. The Hall–Kier alpha value is -3.69. The van der Waals surface area contributed by atoms with E-state index in [1.54, 1.807) is 17.0 Å². The van der Waals surface area contributed by atoms with Gasteiger partial charge in [0.2, 0.25) is 11.7 Å². The largest absolute Gasteiger partial charge is 0.416 e. The van der Waals surface area contributed by atoms with Crippen molar-refractivity contribution in [1.29, 1.82) is 0 Å². The van der Waals surface area contributed by atoms with Crippen LogP contribution in [0, 0.1) is 5.82 Å². The third-order valence-corrected chi connectivity index (χ3v) is 5.53. The highest BCUT2D eigenvalue weighted by atomic mass is 19.4. The molecule has 1 saturated carbocycles. The lowest BCUT2D eigenvalue weighted by molar-refractivity contribution is -0.137. The van der Waals surface area contributed by atoms with Gasteiger partial charge < -0.3 is 16.0 Å². The number of halogens is 4. The summed E-state index contributed by atoms with van der Waals surface area (Å²) in [5.41, 5.74) is 6.74. The first-order chi connectivity index (χ1) is 16.2. The number of nitrogens with one attached hydrogen (secondary N) is 1. The van der Waals surface area contributed by atoms with Crippen LogP contribution >= 0.6 is 0 Å². The fraction of sp³-hybridized carbons (Fsp3) is 0.292. The van der Waals surface area contributed by atoms with E-state index in [1.807, 2.05) is 12.1 Å². The fourth-order valence-electron chi connectivity index (χ4n) is 3.60. The van der Waals surface area contributed by atoms with E-state index in [1.165, 1.54) is 18.5 Å². The first kappa shape index (κ1) is 23.5. The summed E-state index contributed by atoms with van der Waals surface area (Å²) in [7, 11) is 0. The summed E-state index contributed by atoms with van der Waals surface area (Å²) in [4.78, 5) is 20.9. The van der Waals surface area contributed by atoms with Gasteiger partial charge in [0.05, 0.1) is 12.0 Å². The van der Waals surface area contributed by atoms with E-state index in [9.17, 15) is 18.0 Å². The van der Waals surface area contributed by atoms with Gasteiger partial charge in [-0.2, -0.15) is 17.6 Å². The van der Waals surface area contributed by atoms with Crippen LogP contribution in [0.4, 0.5) is 29.2 Å². The zero-order chi connectivity index (χ0) is 24.3. The Morgan fingerprint density at radius 3 is 2.21 bits per heavy atom. The van der Waals surface area contributed by atoms with Crippen LogP contribution in [-0.2, 0) is 30.5 Å². The summed E-state index contributed by atoms with van der Waals surface area (Å²) in [6.45, 7) is 0.532. The Balaban J connectivity index is 1.47. The number of carbonyl (C=O) groups is 1. The lowest BCUT2D eigenvalue weighted by atomic mass is 10.1. The zero-order valence-electron chi connectivity index (χ0n) is 18.1. The number of anilines is 2. The van der Waals surface area contributed by atoms with Crippen LogP contribution in [-0.4, -0.2) is 21.9 Å². The molecule has 0 bridgehead atoms. The highest BCUT2D eigenvalue weighted by Crippen LogP contribution is 2.35. The van der Waals surface area contributed by atoms with Gasteiger partial charge in [0.25, 0.3) is 0 Å². The van der Waals surface area contributed by atoms with E-state index in [0.717, 1.165) is 36.1 Å². The Bertz CT molecular complexity index is 1150. The molecule has 1 aliphatic carbocycles. The van der Waals surface area contributed by atoms with Crippen LogP contribution < -0.4 is 16.0 Å². The number of hydrogen-bond donors (Lipinski definition) is 2. The molecule has 4 rings (SSSR count). The topological polar surface area (TPSA) is 84.1 Å². The number of hydrogen-bond acceptors (Lipinski definition) is 5. The standard InChI is InChI=1S/C24H23F4N5O/c25-21-22(30-12-16-3-1-15(2-4-16)11-20(29)34)31-14-32-23(21)33(19-9-10-19)13-17-5-7-18(8-6-17)24(26,27)28/h1-8,14,19H,9-13H2,(H2,29,34)(H,30,31,32). The SMILES string of the molecule is NC(=O)Cc1ccc(CNc2ncnc(N(Cc3ccc(C(F)(F)F)cc3)C3CC3)c2F)cc1. The third kappa shape index (κ3) is 5.81. The summed E-state index contributed by atoms with van der Waals surface area (Å²) in [6.07, 6.45) is -1.29. The molecule has 1 fully saturated rings. The van der Waals surface area contributed by atoms with Gasteiger partial charge in [-0.25, -0.2) is 9.97 Å². The Morgan fingerprint density at radius 1 is 1.00 bits per heavy atom. The van der Waals surface area contributed by atoms with Gasteiger partial charge in [0, 0.05) is 19.1 Å². The monoisotopic (exact) mass is 473 g/mol. The molecular formula is C24H23F4N5O. The minimum absolute atomic E-state index is 0.0317. The average molecular weight is 473 g/mol. The van der Waals surface area contributed by atoms with Gasteiger partial charge in [-0.05, 0) is 41.7 Å². The molecule has 0 saturated heterocycles. The molecule has 1 amide bonds. The molecule has 1 aliphatic rings. The number of nitrogens with zero attached hydrogens (tertiary/aromatic N) is 3.